The van der Waals surface area contributed by atoms with Crippen molar-refractivity contribution in [3.8, 4) is 11.6 Å². The number of carbonyl (C=O) groups is 1. The van der Waals surface area contributed by atoms with Crippen LogP contribution in [0.1, 0.15) is 36.8 Å². The molecule has 0 spiro atoms. The Morgan fingerprint density at radius 1 is 1.17 bits per heavy atom. The summed E-state index contributed by atoms with van der Waals surface area (Å²) in [5.41, 5.74) is 3.19. The number of hydrogen-bond acceptors (Lipinski definition) is 3. The van der Waals surface area contributed by atoms with Crippen LogP contribution in [-0.4, -0.2) is 10.8 Å². The zero-order chi connectivity index (χ0) is 16.9. The van der Waals surface area contributed by atoms with Gasteiger partial charge in [0, 0.05) is 18.9 Å². The highest BCUT2D eigenvalue weighted by molar-refractivity contribution is 5.80. The summed E-state index contributed by atoms with van der Waals surface area (Å²) in [4.78, 5) is 18.9. The number of aryl methyl sites for hydroxylation is 1. The molecule has 3 rings (SSSR count). The average molecular weight is 318 g/mol. The maximum Gasteiger partial charge on any atom is 0.314 e. The number of pyridine rings is 1. The predicted molar refractivity (Wildman–Crippen MR) is 93.2 cm³/mol. The molecule has 1 fully saturated rings. The minimum absolute atomic E-state index is 0.352. The summed E-state index contributed by atoms with van der Waals surface area (Å²) in [7, 11) is 0. The SMILES string of the molecule is [C-]#[N+]c1nc(Oc2cccc(C=C3CCC(=O)CC3)c2)ccc1C. The van der Waals surface area contributed by atoms with E-state index in [2.05, 4.69) is 15.9 Å². The van der Waals surface area contributed by atoms with Crippen molar-refractivity contribution < 1.29 is 9.53 Å². The Kier molecular flexibility index (Phi) is 4.72. The normalized spacial score (nSPS) is 14.2. The summed E-state index contributed by atoms with van der Waals surface area (Å²) in [5, 5.41) is 0. The van der Waals surface area contributed by atoms with Crippen LogP contribution < -0.4 is 4.74 Å². The van der Waals surface area contributed by atoms with Gasteiger partial charge in [0.15, 0.2) is 0 Å². The molecule has 1 aliphatic carbocycles. The monoisotopic (exact) mass is 318 g/mol. The van der Waals surface area contributed by atoms with Crippen LogP contribution in [0.15, 0.2) is 42.0 Å². The molecule has 24 heavy (non-hydrogen) atoms. The highest BCUT2D eigenvalue weighted by atomic mass is 16.5. The highest BCUT2D eigenvalue weighted by Gasteiger charge is 2.12. The molecule has 1 aromatic carbocycles. The number of allylic oxidation sites excluding steroid dienone is 1. The molecule has 120 valence electrons. The fraction of sp³-hybridized carbons (Fsp3) is 0.250. The zero-order valence-electron chi connectivity index (χ0n) is 13.6. The predicted octanol–water partition coefficient (Wildman–Crippen LogP) is 5.26. The molecule has 1 heterocycles. The van der Waals surface area contributed by atoms with Crippen LogP contribution in [0.3, 0.4) is 0 Å². The molecule has 0 saturated heterocycles. The Morgan fingerprint density at radius 2 is 1.96 bits per heavy atom. The van der Waals surface area contributed by atoms with E-state index in [1.54, 1.807) is 6.07 Å². The minimum atomic E-state index is 0.352. The number of rotatable bonds is 3. The molecule has 0 unspecified atom stereocenters. The number of ketones is 1. The quantitative estimate of drug-likeness (QED) is 0.725. The fourth-order valence-electron chi connectivity index (χ4n) is 2.69. The van der Waals surface area contributed by atoms with Crippen molar-refractivity contribution in [2.45, 2.75) is 32.6 Å². The molecule has 0 amide bonds. The Labute approximate surface area is 141 Å². The lowest BCUT2D eigenvalue weighted by molar-refractivity contribution is -0.119. The van der Waals surface area contributed by atoms with Crippen LogP contribution in [0, 0.1) is 13.5 Å². The van der Waals surface area contributed by atoms with E-state index in [9.17, 15) is 4.79 Å². The van der Waals surface area contributed by atoms with Gasteiger partial charge in [-0.3, -0.25) is 4.79 Å². The lowest BCUT2D eigenvalue weighted by atomic mass is 9.92. The first kappa shape index (κ1) is 15.9. The van der Waals surface area contributed by atoms with Crippen LogP contribution in [0.2, 0.25) is 0 Å². The first-order chi connectivity index (χ1) is 11.6. The number of aromatic nitrogens is 1. The van der Waals surface area contributed by atoms with Gasteiger partial charge in [0.25, 0.3) is 5.82 Å². The Bertz CT molecular complexity index is 835. The number of ether oxygens (including phenoxy) is 1. The van der Waals surface area contributed by atoms with Crippen molar-refractivity contribution in [2.24, 2.45) is 0 Å². The van der Waals surface area contributed by atoms with E-state index in [0.717, 1.165) is 24.0 Å². The molecule has 0 bridgehead atoms. The molecule has 1 saturated carbocycles. The van der Waals surface area contributed by atoms with Crippen LogP contribution in [0.25, 0.3) is 10.9 Å². The van der Waals surface area contributed by atoms with Crippen molar-refractivity contribution in [1.82, 2.24) is 4.98 Å². The van der Waals surface area contributed by atoms with Gasteiger partial charge in [0.2, 0.25) is 0 Å². The number of nitrogens with zero attached hydrogens (tertiary/aromatic N) is 2. The van der Waals surface area contributed by atoms with E-state index in [1.165, 1.54) is 5.57 Å². The molecule has 4 heteroatoms. The highest BCUT2D eigenvalue weighted by Crippen LogP contribution is 2.27. The van der Waals surface area contributed by atoms with E-state index >= 15 is 0 Å². The Morgan fingerprint density at radius 3 is 2.71 bits per heavy atom. The number of hydrogen-bond donors (Lipinski definition) is 0. The van der Waals surface area contributed by atoms with Gasteiger partial charge in [-0.1, -0.05) is 41.4 Å². The van der Waals surface area contributed by atoms with Crippen LogP contribution in [0.4, 0.5) is 5.82 Å². The topological polar surface area (TPSA) is 43.5 Å². The first-order valence-electron chi connectivity index (χ1n) is 7.98. The van der Waals surface area contributed by atoms with Crippen molar-refractivity contribution in [1.29, 1.82) is 0 Å². The largest absolute Gasteiger partial charge is 0.421 e. The average Bonchev–Trinajstić information content (AvgIpc) is 2.59. The molecule has 0 atom stereocenters. The molecule has 4 nitrogen and oxygen atoms in total. The van der Waals surface area contributed by atoms with E-state index in [0.29, 0.717) is 36.1 Å². The number of Topliss-reactive ketones (excluding diaryl/α,β-unsaturated/α-hetero) is 1. The second-order valence-corrected chi connectivity index (χ2v) is 5.92. The summed E-state index contributed by atoms with van der Waals surface area (Å²) < 4.78 is 5.78. The molecule has 1 aromatic heterocycles. The van der Waals surface area contributed by atoms with Crippen LogP contribution >= 0.6 is 0 Å². The number of carbonyl (C=O) groups excluding carboxylic acids is 1. The third kappa shape index (κ3) is 3.88. The van der Waals surface area contributed by atoms with Gasteiger partial charge in [-0.05, 0) is 43.0 Å². The Hall–Kier alpha value is -2.93. The minimum Gasteiger partial charge on any atom is -0.421 e. The summed E-state index contributed by atoms with van der Waals surface area (Å²) in [6.07, 6.45) is 5.12. The third-order valence-electron chi connectivity index (χ3n) is 4.05. The van der Waals surface area contributed by atoms with Crippen molar-refractivity contribution in [2.75, 3.05) is 0 Å². The first-order valence-corrected chi connectivity index (χ1v) is 7.98. The molecule has 2 aromatic rings. The van der Waals surface area contributed by atoms with Crippen LogP contribution in [-0.2, 0) is 4.79 Å². The third-order valence-corrected chi connectivity index (χ3v) is 4.05. The van der Waals surface area contributed by atoms with Gasteiger partial charge in [-0.2, -0.15) is 0 Å². The van der Waals surface area contributed by atoms with Gasteiger partial charge < -0.3 is 9.58 Å². The Balaban J connectivity index is 1.77. The van der Waals surface area contributed by atoms with Gasteiger partial charge >= 0.3 is 5.88 Å². The van der Waals surface area contributed by atoms with Gasteiger partial charge in [0.05, 0.1) is 0 Å². The van der Waals surface area contributed by atoms with E-state index in [-0.39, 0.29) is 0 Å². The fourth-order valence-corrected chi connectivity index (χ4v) is 2.69. The van der Waals surface area contributed by atoms with Gasteiger partial charge in [-0.15, -0.1) is 0 Å². The van der Waals surface area contributed by atoms with Gasteiger partial charge in [0.1, 0.15) is 11.5 Å². The van der Waals surface area contributed by atoms with Crippen molar-refractivity contribution >= 4 is 17.7 Å². The van der Waals surface area contributed by atoms with Crippen molar-refractivity contribution in [3.63, 3.8) is 0 Å². The summed E-state index contributed by atoms with van der Waals surface area (Å²) in [6, 6.07) is 11.4. The molecule has 1 aliphatic rings. The zero-order valence-corrected chi connectivity index (χ0v) is 13.6. The van der Waals surface area contributed by atoms with E-state index in [4.69, 9.17) is 11.3 Å². The number of benzene rings is 1. The summed E-state index contributed by atoms with van der Waals surface area (Å²) in [6.45, 7) is 8.98. The molecular weight excluding hydrogens is 300 g/mol. The second kappa shape index (κ2) is 7.10. The lowest BCUT2D eigenvalue weighted by Gasteiger charge is -2.13. The maximum atomic E-state index is 11.3. The van der Waals surface area contributed by atoms with Crippen LogP contribution in [0.5, 0.6) is 11.6 Å². The standard InChI is InChI=1S/C20H18N2O2/c1-14-6-11-19(22-20(14)21-2)24-18-5-3-4-16(13-18)12-15-7-9-17(23)10-8-15/h3-6,11-13H,7-10H2,1H3. The van der Waals surface area contributed by atoms with E-state index < -0.39 is 0 Å². The second-order valence-electron chi connectivity index (χ2n) is 5.92. The summed E-state index contributed by atoms with van der Waals surface area (Å²) >= 11 is 0. The molecule has 0 radical (unpaired) electrons. The molecular formula is C20H18N2O2. The molecule has 0 N–H and O–H groups in total. The lowest BCUT2D eigenvalue weighted by Crippen LogP contribution is -2.05. The summed E-state index contributed by atoms with van der Waals surface area (Å²) in [5.74, 6) is 1.81. The van der Waals surface area contributed by atoms with E-state index in [1.807, 2.05) is 37.3 Å². The maximum absolute atomic E-state index is 11.3. The van der Waals surface area contributed by atoms with Crippen molar-refractivity contribution in [3.05, 3.63) is 64.5 Å². The smallest absolute Gasteiger partial charge is 0.314 e. The van der Waals surface area contributed by atoms with Gasteiger partial charge in [-0.25, -0.2) is 0 Å². The molecule has 0 aliphatic heterocycles.